The molecule has 0 unspecified atom stereocenters. The van der Waals surface area contributed by atoms with Gasteiger partial charge in [-0.15, -0.1) is 22.7 Å². The van der Waals surface area contributed by atoms with E-state index in [1.807, 2.05) is 59.4 Å². The van der Waals surface area contributed by atoms with Crippen molar-refractivity contribution in [3.05, 3.63) is 99.2 Å². The summed E-state index contributed by atoms with van der Waals surface area (Å²) in [6, 6.07) is 21.7. The number of hydrogen-bond donors (Lipinski definition) is 0. The number of rotatable bonds is 8. The summed E-state index contributed by atoms with van der Waals surface area (Å²) in [6.07, 6.45) is 4.13. The van der Waals surface area contributed by atoms with Gasteiger partial charge in [0.05, 0.1) is 52.0 Å². The normalized spacial score (nSPS) is 16.7. The van der Waals surface area contributed by atoms with Gasteiger partial charge in [-0.1, -0.05) is 24.3 Å². The molecular weight excluding hydrogens is 637 g/mol. The van der Waals surface area contributed by atoms with Crippen molar-refractivity contribution in [2.75, 3.05) is 44.3 Å². The predicted molar refractivity (Wildman–Crippen MR) is 187 cm³/mol. The summed E-state index contributed by atoms with van der Waals surface area (Å²) in [5, 5.41) is 9.15. The monoisotopic (exact) mass is 672 g/mol. The third-order valence-electron chi connectivity index (χ3n) is 8.46. The second kappa shape index (κ2) is 13.1. The maximum atomic E-state index is 13.7. The molecule has 0 atom stereocenters. The van der Waals surface area contributed by atoms with Crippen molar-refractivity contribution in [3.63, 3.8) is 0 Å². The van der Waals surface area contributed by atoms with E-state index in [0.717, 1.165) is 75.3 Å². The van der Waals surface area contributed by atoms with E-state index in [1.54, 1.807) is 28.7 Å². The minimum absolute atomic E-state index is 0.302. The van der Waals surface area contributed by atoms with Crippen LogP contribution in [-0.2, 0) is 14.8 Å². The van der Waals surface area contributed by atoms with Crippen molar-refractivity contribution in [1.82, 2.24) is 13.5 Å². The van der Waals surface area contributed by atoms with E-state index in [2.05, 4.69) is 46.2 Å². The van der Waals surface area contributed by atoms with E-state index in [9.17, 15) is 8.42 Å². The Labute approximate surface area is 277 Å². The molecule has 7 rings (SSSR count). The van der Waals surface area contributed by atoms with E-state index in [0.29, 0.717) is 31.2 Å². The Balaban J connectivity index is 1.31. The number of hydrogen-bond acceptors (Lipinski definition) is 8. The maximum Gasteiger partial charge on any atom is 0.243 e. The molecule has 5 heterocycles. The van der Waals surface area contributed by atoms with Crippen LogP contribution in [0.2, 0.25) is 0 Å². The Morgan fingerprint density at radius 2 is 1.65 bits per heavy atom. The van der Waals surface area contributed by atoms with Crippen LogP contribution >= 0.6 is 22.7 Å². The average Bonchev–Trinajstić information content (AvgIpc) is 3.90. The lowest BCUT2D eigenvalue weighted by Gasteiger charge is -2.28. The number of benzene rings is 2. The molecule has 0 bridgehead atoms. The zero-order chi connectivity index (χ0) is 31.7. The molecule has 0 aliphatic carbocycles. The fourth-order valence-electron chi connectivity index (χ4n) is 6.11. The van der Waals surface area contributed by atoms with Gasteiger partial charge in [0.15, 0.2) is 0 Å². The van der Waals surface area contributed by atoms with Gasteiger partial charge >= 0.3 is 0 Å². The van der Waals surface area contributed by atoms with Gasteiger partial charge in [0.1, 0.15) is 0 Å². The van der Waals surface area contributed by atoms with Crippen LogP contribution in [0.15, 0.2) is 92.5 Å². The first-order valence-corrected chi connectivity index (χ1v) is 18.6. The first-order valence-electron chi connectivity index (χ1n) is 15.4. The largest absolute Gasteiger partial charge is 0.379 e. The van der Waals surface area contributed by atoms with Crippen LogP contribution in [0.25, 0.3) is 16.3 Å². The van der Waals surface area contributed by atoms with Gasteiger partial charge in [-0.05, 0) is 74.5 Å². The highest BCUT2D eigenvalue weighted by Crippen LogP contribution is 2.34. The van der Waals surface area contributed by atoms with Crippen LogP contribution in [-0.4, -0.2) is 67.6 Å². The number of sulfonamides is 1. The molecule has 0 amide bonds. The lowest BCUT2D eigenvalue weighted by molar-refractivity contribution is 0.0730. The maximum absolute atomic E-state index is 13.7. The summed E-state index contributed by atoms with van der Waals surface area (Å²) in [4.78, 5) is 9.45. The molecule has 0 radical (unpaired) electrons. The van der Waals surface area contributed by atoms with Crippen LogP contribution in [0.5, 0.6) is 0 Å². The van der Waals surface area contributed by atoms with Crippen molar-refractivity contribution in [2.45, 2.75) is 31.6 Å². The van der Waals surface area contributed by atoms with Crippen molar-refractivity contribution in [1.29, 1.82) is 0 Å². The number of thiazole rings is 1. The SMILES string of the molecule is Cc1cc(/C=N\n2c(-c3cccs3)csc2=Nc2ccccc2)c(C)n1-c1cc(S(=O)(=O)N2CCOCC2)ccc1N1CCCC1. The molecule has 46 heavy (non-hydrogen) atoms. The zero-order valence-electron chi connectivity index (χ0n) is 25.9. The van der Waals surface area contributed by atoms with Crippen molar-refractivity contribution in [3.8, 4) is 16.3 Å². The van der Waals surface area contributed by atoms with Crippen molar-refractivity contribution >= 4 is 50.3 Å². The Morgan fingerprint density at radius 1 is 0.870 bits per heavy atom. The van der Waals surface area contributed by atoms with Gasteiger partial charge in [-0.2, -0.15) is 9.41 Å². The highest BCUT2D eigenvalue weighted by Gasteiger charge is 2.29. The number of anilines is 1. The highest BCUT2D eigenvalue weighted by atomic mass is 32.2. The average molecular weight is 673 g/mol. The fraction of sp³-hybridized carbons (Fsp3) is 0.294. The summed E-state index contributed by atoms with van der Waals surface area (Å²) in [6.45, 7) is 7.57. The van der Waals surface area contributed by atoms with Crippen molar-refractivity contribution < 1.29 is 13.2 Å². The summed E-state index contributed by atoms with van der Waals surface area (Å²) in [7, 11) is -3.66. The molecule has 12 heteroatoms. The molecular formula is C34H36N6O3S3. The van der Waals surface area contributed by atoms with Crippen LogP contribution < -0.4 is 9.70 Å². The molecule has 238 valence electrons. The third-order valence-corrected chi connectivity index (χ3v) is 12.1. The Kier molecular flexibility index (Phi) is 8.80. The van der Waals surface area contributed by atoms with Gasteiger partial charge in [0.2, 0.25) is 14.8 Å². The molecule has 2 aromatic carbocycles. The third kappa shape index (κ3) is 6.03. The molecule has 0 spiro atoms. The van der Waals surface area contributed by atoms with E-state index < -0.39 is 10.0 Å². The molecule has 0 N–H and O–H groups in total. The highest BCUT2D eigenvalue weighted by molar-refractivity contribution is 7.89. The molecule has 3 aromatic heterocycles. The molecule has 2 aliphatic heterocycles. The van der Waals surface area contributed by atoms with Crippen LogP contribution in [0, 0.1) is 13.8 Å². The van der Waals surface area contributed by atoms with Crippen LogP contribution in [0.3, 0.4) is 0 Å². The number of ether oxygens (including phenoxy) is 1. The minimum atomic E-state index is -3.66. The van der Waals surface area contributed by atoms with E-state index in [4.69, 9.17) is 14.8 Å². The molecule has 5 aromatic rings. The van der Waals surface area contributed by atoms with E-state index in [1.165, 1.54) is 4.31 Å². The van der Waals surface area contributed by atoms with Gasteiger partial charge in [-0.3, -0.25) is 0 Å². The van der Waals surface area contributed by atoms with Crippen molar-refractivity contribution in [2.24, 2.45) is 10.1 Å². The summed E-state index contributed by atoms with van der Waals surface area (Å²) in [5.41, 5.74) is 6.70. The second-order valence-corrected chi connectivity index (χ2v) is 15.1. The molecule has 0 saturated carbocycles. The topological polar surface area (TPSA) is 84.4 Å². The predicted octanol–water partition coefficient (Wildman–Crippen LogP) is 6.42. The first kappa shape index (κ1) is 30.8. The number of nitrogens with zero attached hydrogens (tertiary/aromatic N) is 6. The number of aromatic nitrogens is 2. The summed E-state index contributed by atoms with van der Waals surface area (Å²) >= 11 is 3.22. The Hall–Kier alpha value is -3.81. The minimum Gasteiger partial charge on any atom is -0.379 e. The molecule has 2 aliphatic rings. The quantitative estimate of drug-likeness (QED) is 0.178. The zero-order valence-corrected chi connectivity index (χ0v) is 28.3. The van der Waals surface area contributed by atoms with Crippen LogP contribution in [0.1, 0.15) is 29.8 Å². The lowest BCUT2D eigenvalue weighted by Crippen LogP contribution is -2.40. The number of morpholine rings is 1. The second-order valence-electron chi connectivity index (χ2n) is 11.4. The van der Waals surface area contributed by atoms with Crippen LogP contribution in [0.4, 0.5) is 11.4 Å². The summed E-state index contributed by atoms with van der Waals surface area (Å²) in [5.74, 6) is 0. The lowest BCUT2D eigenvalue weighted by atomic mass is 10.2. The Morgan fingerprint density at radius 3 is 2.39 bits per heavy atom. The molecule has 2 fully saturated rings. The number of thiophene rings is 1. The van der Waals surface area contributed by atoms with E-state index in [-0.39, 0.29) is 0 Å². The number of aryl methyl sites for hydroxylation is 1. The number of para-hydroxylation sites is 1. The molecule has 9 nitrogen and oxygen atoms in total. The molecule has 2 saturated heterocycles. The van der Waals surface area contributed by atoms with E-state index >= 15 is 0 Å². The summed E-state index contributed by atoms with van der Waals surface area (Å²) < 4.78 is 38.5. The standard InChI is InChI=1S/C34H36N6O3S3/c1-25-21-27(23-35-40-32(33-11-8-20-44-33)24-45-34(40)36-28-9-4-3-5-10-28)26(2)39(25)31-22-29(12-13-30(31)37-14-6-7-15-37)46(41,42)38-16-18-43-19-17-38/h3-5,8-13,20-24H,6-7,14-19H2,1-2H3/b35-23-,36-34?. The smallest absolute Gasteiger partial charge is 0.243 e. The van der Waals surface area contributed by atoms with Gasteiger partial charge in [0, 0.05) is 48.5 Å². The van der Waals surface area contributed by atoms with Gasteiger partial charge < -0.3 is 14.2 Å². The fourth-order valence-corrected chi connectivity index (χ4v) is 9.19. The Bertz CT molecular complexity index is 2030. The van der Waals surface area contributed by atoms with Gasteiger partial charge in [0.25, 0.3) is 0 Å². The first-order chi connectivity index (χ1) is 22.4. The van der Waals surface area contributed by atoms with Gasteiger partial charge in [-0.25, -0.2) is 18.1 Å².